The zero-order valence-corrected chi connectivity index (χ0v) is 47.6. The first-order valence-electron chi connectivity index (χ1n) is 18.9. The standard InChI is InChI=1S/2C6H18OSi2.C4H12Si.C3H12Si2.C2H8Si.6C2H6/c2*1-8(2,3)7-9(4,5)6;1-4(2)5-3;1-4-3-5-2;1-3-2;6*1-2/h2*1-6H3;4H,5H2,1-3H3;3-5H2,1-2H3;3H2,1-2H3;6*1-2H3. The summed E-state index contributed by atoms with van der Waals surface area (Å²) in [5.74, 6) is 0. The van der Waals surface area contributed by atoms with Gasteiger partial charge >= 0.3 is 0 Å². The van der Waals surface area contributed by atoms with Crippen molar-refractivity contribution in [2.75, 3.05) is 0 Å². The summed E-state index contributed by atoms with van der Waals surface area (Å²) in [4.78, 5) is 0. The summed E-state index contributed by atoms with van der Waals surface area (Å²) in [5.41, 5.74) is 2.69. The Balaban J connectivity index is -0.0000000312. The minimum atomic E-state index is -1.23. The molecule has 10 heteroatoms. The maximum atomic E-state index is 5.90. The van der Waals surface area contributed by atoms with E-state index in [1.54, 1.807) is 5.67 Å². The molecule has 0 saturated heterocycles. The second-order valence-electron chi connectivity index (χ2n) is 12.5. The lowest BCUT2D eigenvalue weighted by atomic mass is 10.6. The molecule has 0 aliphatic rings. The lowest BCUT2D eigenvalue weighted by Crippen LogP contribution is -2.39. The van der Waals surface area contributed by atoms with Gasteiger partial charge in [0, 0.05) is 38.1 Å². The minimum absolute atomic E-state index is 0.349. The molecule has 0 saturated carbocycles. The van der Waals surface area contributed by atoms with Crippen LogP contribution in [0.1, 0.15) is 96.9 Å². The van der Waals surface area contributed by atoms with Gasteiger partial charge < -0.3 is 8.23 Å². The third-order valence-electron chi connectivity index (χ3n) is 2.75. The van der Waals surface area contributed by atoms with Crippen LogP contribution in [-0.2, 0) is 8.23 Å². The predicted octanol–water partition coefficient (Wildman–Crippen LogP) is 12.6. The summed E-state index contributed by atoms with van der Waals surface area (Å²) in [6.45, 7) is 67.1. The van der Waals surface area contributed by atoms with Crippen molar-refractivity contribution >= 4 is 71.3 Å². The van der Waals surface area contributed by atoms with E-state index in [0.29, 0.717) is 38.1 Å². The Hall–Kier alpha value is 1.66. The van der Waals surface area contributed by atoms with Gasteiger partial charge in [-0.15, -0.1) is 0 Å². The lowest BCUT2D eigenvalue weighted by molar-refractivity contribution is 0.558. The molecule has 0 radical (unpaired) electrons. The highest BCUT2D eigenvalue weighted by Crippen LogP contribution is 2.13. The highest BCUT2D eigenvalue weighted by atomic mass is 28.4. The summed E-state index contributed by atoms with van der Waals surface area (Å²) in [6.07, 6.45) is 0. The molecule has 0 aromatic heterocycles. The van der Waals surface area contributed by atoms with Crippen molar-refractivity contribution in [3.05, 3.63) is 0 Å². The molecule has 0 atom stereocenters. The minimum Gasteiger partial charge on any atom is -0.456 e. The second kappa shape index (κ2) is 62.5. The van der Waals surface area contributed by atoms with Crippen molar-refractivity contribution in [2.45, 2.75) is 219 Å². The van der Waals surface area contributed by atoms with Gasteiger partial charge in [-0.25, -0.2) is 0 Å². The van der Waals surface area contributed by atoms with Gasteiger partial charge in [-0.05, 0) is 78.6 Å². The average Bonchev–Trinajstić information content (AvgIpc) is 2.89. The van der Waals surface area contributed by atoms with E-state index in [-0.39, 0.29) is 0 Å². The summed E-state index contributed by atoms with van der Waals surface area (Å²) in [5, 5.41) is 0. The maximum absolute atomic E-state index is 5.90. The van der Waals surface area contributed by atoms with E-state index < -0.39 is 33.3 Å². The molecule has 0 amide bonds. The van der Waals surface area contributed by atoms with E-state index in [0.717, 1.165) is 5.54 Å². The summed E-state index contributed by atoms with van der Waals surface area (Å²) in [7, 11) is -3.21. The molecule has 0 N–H and O–H groups in total. The monoisotopic (exact) mass is 757 g/mol. The summed E-state index contributed by atoms with van der Waals surface area (Å²) >= 11 is 0. The van der Waals surface area contributed by atoms with E-state index >= 15 is 0 Å². The summed E-state index contributed by atoms with van der Waals surface area (Å²) < 4.78 is 11.8. The van der Waals surface area contributed by atoms with Gasteiger partial charge in [0.1, 0.15) is 0 Å². The van der Waals surface area contributed by atoms with Crippen molar-refractivity contribution in [2.24, 2.45) is 0 Å². The fourth-order valence-corrected chi connectivity index (χ4v) is 19.7. The smallest absolute Gasteiger partial charge is 0.170 e. The van der Waals surface area contributed by atoms with Gasteiger partial charge in [0.15, 0.2) is 33.3 Å². The molecule has 0 aliphatic heterocycles. The zero-order chi connectivity index (χ0) is 38.5. The van der Waals surface area contributed by atoms with E-state index in [4.69, 9.17) is 8.23 Å². The third kappa shape index (κ3) is 243. The van der Waals surface area contributed by atoms with Crippen LogP contribution in [-0.4, -0.2) is 71.3 Å². The van der Waals surface area contributed by atoms with Gasteiger partial charge in [-0.3, -0.25) is 0 Å². The highest BCUT2D eigenvalue weighted by Gasteiger charge is 2.24. The van der Waals surface area contributed by atoms with Crippen LogP contribution in [0.5, 0.6) is 0 Å². The van der Waals surface area contributed by atoms with Crippen LogP contribution < -0.4 is 0 Å². The molecule has 0 unspecified atom stereocenters. The molecule has 0 spiro atoms. The molecule has 0 aromatic carbocycles. The van der Waals surface area contributed by atoms with Gasteiger partial charge in [-0.1, -0.05) is 141 Å². The lowest BCUT2D eigenvalue weighted by Gasteiger charge is -2.27. The van der Waals surface area contributed by atoms with Crippen molar-refractivity contribution in [3.8, 4) is 0 Å². The molecule has 0 rings (SSSR count). The molecular formula is C33H104O2Si8. The first-order valence-corrected chi connectivity index (χ1v) is 42.4. The maximum Gasteiger partial charge on any atom is 0.170 e. The first kappa shape index (κ1) is 75.1. The Bertz CT molecular complexity index is 295. The SMILES string of the molecule is CC.CC.CC.CC.CC.CC.C[SiH2]C.C[SiH2]C(C)C.C[SiH2]C[SiH2]C.C[Si](C)(C)O[Si](C)(C)C.C[Si](C)(C)O[Si](C)(C)C. The van der Waals surface area contributed by atoms with Crippen molar-refractivity contribution in [1.82, 2.24) is 0 Å². The summed E-state index contributed by atoms with van der Waals surface area (Å²) in [6, 6.07) is 0. The molecule has 0 aliphatic carbocycles. The third-order valence-corrected chi connectivity index (χ3v) is 19.8. The number of hydrogen-bond donors (Lipinski definition) is 0. The highest BCUT2D eigenvalue weighted by molar-refractivity contribution is 6.84. The molecule has 0 bridgehead atoms. The second-order valence-corrected chi connectivity index (χ2v) is 39.7. The normalized spacial score (nSPS) is 10.0. The van der Waals surface area contributed by atoms with Gasteiger partial charge in [0.25, 0.3) is 0 Å². The van der Waals surface area contributed by atoms with E-state index in [9.17, 15) is 0 Å². The fraction of sp³-hybridized carbons (Fsp3) is 1.00. The Labute approximate surface area is 297 Å². The van der Waals surface area contributed by atoms with Gasteiger partial charge in [0.05, 0.1) is 0 Å². The van der Waals surface area contributed by atoms with Crippen LogP contribution >= 0.6 is 0 Å². The van der Waals surface area contributed by atoms with Crippen LogP contribution in [0.2, 0.25) is 123 Å². The molecular weight excluding hydrogens is 653 g/mol. The zero-order valence-electron chi connectivity index (χ0n) is 37.9. The van der Waals surface area contributed by atoms with E-state index in [1.165, 1.54) is 0 Å². The first-order chi connectivity index (χ1) is 19.5. The molecule has 43 heavy (non-hydrogen) atoms. The Morgan fingerprint density at radius 1 is 0.395 bits per heavy atom. The Kier molecular flexibility index (Phi) is 109. The molecule has 2 nitrogen and oxygen atoms in total. The molecule has 0 fully saturated rings. The van der Waals surface area contributed by atoms with Gasteiger partial charge in [-0.2, -0.15) is 0 Å². The quantitative estimate of drug-likeness (QED) is 0.241. The van der Waals surface area contributed by atoms with Crippen molar-refractivity contribution in [1.29, 1.82) is 0 Å². The van der Waals surface area contributed by atoms with Crippen molar-refractivity contribution < 1.29 is 8.23 Å². The Morgan fingerprint density at radius 2 is 0.512 bits per heavy atom. The molecule has 280 valence electrons. The predicted molar refractivity (Wildman–Crippen MR) is 247 cm³/mol. The fourth-order valence-electron chi connectivity index (χ4n) is 2.19. The topological polar surface area (TPSA) is 18.5 Å². The average molecular weight is 758 g/mol. The van der Waals surface area contributed by atoms with Crippen LogP contribution in [0.25, 0.3) is 0 Å². The molecule has 0 heterocycles. The van der Waals surface area contributed by atoms with Crippen LogP contribution in [0.4, 0.5) is 0 Å². The van der Waals surface area contributed by atoms with Crippen LogP contribution in [0, 0.1) is 0 Å². The van der Waals surface area contributed by atoms with E-state index in [2.05, 4.69) is 125 Å². The Morgan fingerprint density at radius 3 is 0.512 bits per heavy atom. The van der Waals surface area contributed by atoms with E-state index in [1.807, 2.05) is 83.1 Å². The van der Waals surface area contributed by atoms with Crippen molar-refractivity contribution in [3.63, 3.8) is 0 Å². The largest absolute Gasteiger partial charge is 0.456 e. The molecule has 0 aromatic rings. The number of rotatable bonds is 7. The number of hydrogen-bond acceptors (Lipinski definition) is 2. The van der Waals surface area contributed by atoms with Crippen LogP contribution in [0.3, 0.4) is 0 Å². The van der Waals surface area contributed by atoms with Gasteiger partial charge in [0.2, 0.25) is 0 Å². The van der Waals surface area contributed by atoms with Crippen LogP contribution in [0.15, 0.2) is 0 Å².